The molecule has 2 heterocycles. The van der Waals surface area contributed by atoms with Gasteiger partial charge in [0, 0.05) is 26.4 Å². The molecule has 2 aromatic rings. The largest absolute Gasteiger partial charge is 0.416 e. The van der Waals surface area contributed by atoms with Crippen LogP contribution in [0, 0.1) is 0 Å². The summed E-state index contributed by atoms with van der Waals surface area (Å²) in [5.41, 5.74) is 0.421. The van der Waals surface area contributed by atoms with Gasteiger partial charge in [0.15, 0.2) is 0 Å². The summed E-state index contributed by atoms with van der Waals surface area (Å²) in [4.78, 5) is 15.3. The molecule has 0 atom stereocenters. The van der Waals surface area contributed by atoms with Gasteiger partial charge in [0.2, 0.25) is 15.9 Å². The normalized spacial score (nSPS) is 15.2. The molecule has 3 rings (SSSR count). The van der Waals surface area contributed by atoms with E-state index in [1.165, 1.54) is 17.3 Å². The summed E-state index contributed by atoms with van der Waals surface area (Å²) in [5.74, 6) is 0.411. The number of nitrogens with zero attached hydrogens (tertiary/aromatic N) is 3. The Morgan fingerprint density at radius 3 is 2.66 bits per heavy atom. The first-order valence-electron chi connectivity index (χ1n) is 9.03. The number of halogens is 3. The Morgan fingerprint density at radius 1 is 1.31 bits per heavy atom. The topological polar surface area (TPSA) is 84.3 Å². The molecule has 0 spiro atoms. The van der Waals surface area contributed by atoms with Gasteiger partial charge < -0.3 is 9.88 Å². The maximum absolute atomic E-state index is 13.0. The molecule has 29 heavy (non-hydrogen) atoms. The number of carbonyl (C=O) groups excluding carboxylic acids is 1. The highest BCUT2D eigenvalue weighted by Gasteiger charge is 2.35. The number of sulfonamides is 1. The van der Waals surface area contributed by atoms with Gasteiger partial charge in [0.25, 0.3) is 0 Å². The van der Waals surface area contributed by atoms with Crippen LogP contribution in [0.25, 0.3) is 0 Å². The smallest absolute Gasteiger partial charge is 0.349 e. The first-order valence-corrected chi connectivity index (χ1v) is 10.5. The zero-order valence-corrected chi connectivity index (χ0v) is 16.8. The highest BCUT2D eigenvalue weighted by atomic mass is 32.2. The number of amides is 1. The van der Waals surface area contributed by atoms with E-state index >= 15 is 0 Å². The molecule has 0 unspecified atom stereocenters. The van der Waals surface area contributed by atoms with Crippen LogP contribution in [-0.2, 0) is 47.0 Å². The Morgan fingerprint density at radius 2 is 2.03 bits per heavy atom. The summed E-state index contributed by atoms with van der Waals surface area (Å²) in [6.07, 6.45) is -4.28. The van der Waals surface area contributed by atoms with Gasteiger partial charge in [-0.15, -0.1) is 0 Å². The fourth-order valence-corrected chi connectivity index (χ4v) is 4.79. The minimum absolute atomic E-state index is 0.00875. The van der Waals surface area contributed by atoms with Crippen molar-refractivity contribution in [1.29, 1.82) is 0 Å². The minimum Gasteiger partial charge on any atom is -0.349 e. The van der Waals surface area contributed by atoms with E-state index in [0.29, 0.717) is 30.6 Å². The van der Waals surface area contributed by atoms with E-state index in [1.54, 1.807) is 0 Å². The predicted octanol–water partition coefficient (Wildman–Crippen LogP) is 2.30. The van der Waals surface area contributed by atoms with Crippen molar-refractivity contribution in [2.75, 3.05) is 6.54 Å². The summed E-state index contributed by atoms with van der Waals surface area (Å²) in [7, 11) is -4.11. The molecule has 0 saturated carbocycles. The van der Waals surface area contributed by atoms with Crippen LogP contribution in [0.5, 0.6) is 0 Å². The van der Waals surface area contributed by atoms with E-state index in [1.807, 2.05) is 11.5 Å². The third-order valence-electron chi connectivity index (χ3n) is 4.77. The van der Waals surface area contributed by atoms with Crippen molar-refractivity contribution >= 4 is 15.9 Å². The standard InChI is InChI=1S/C18H21F3N4O3S/c1-3-25-16-11-24(8-7-15(16)23-17(25)10-22-12(2)26)29(27,28)14-6-4-5-13(9-14)18(19,20)21/h4-6,9H,3,7-8,10-11H2,1-2H3,(H,22,26). The van der Waals surface area contributed by atoms with Crippen molar-refractivity contribution < 1.29 is 26.4 Å². The van der Waals surface area contributed by atoms with Crippen molar-refractivity contribution in [1.82, 2.24) is 19.2 Å². The maximum atomic E-state index is 13.0. The quantitative estimate of drug-likeness (QED) is 0.789. The van der Waals surface area contributed by atoms with Crippen LogP contribution in [0.15, 0.2) is 29.2 Å². The number of nitrogens with one attached hydrogen (secondary N) is 1. The summed E-state index contributed by atoms with van der Waals surface area (Å²) in [6, 6.07) is 3.75. The molecule has 0 radical (unpaired) electrons. The molecule has 158 valence electrons. The highest BCUT2D eigenvalue weighted by molar-refractivity contribution is 7.89. The molecular formula is C18H21F3N4O3S. The van der Waals surface area contributed by atoms with Gasteiger partial charge in [-0.25, -0.2) is 13.4 Å². The average molecular weight is 430 g/mol. The number of rotatable bonds is 5. The Bertz CT molecular complexity index is 1030. The minimum atomic E-state index is -4.62. The van der Waals surface area contributed by atoms with Gasteiger partial charge in [0.05, 0.1) is 34.9 Å². The van der Waals surface area contributed by atoms with Gasteiger partial charge in [-0.05, 0) is 25.1 Å². The maximum Gasteiger partial charge on any atom is 0.416 e. The zero-order valence-electron chi connectivity index (χ0n) is 16.0. The number of benzene rings is 1. The van der Waals surface area contributed by atoms with E-state index in [4.69, 9.17) is 0 Å². The number of hydrogen-bond acceptors (Lipinski definition) is 4. The van der Waals surface area contributed by atoms with Gasteiger partial charge in [0.1, 0.15) is 5.82 Å². The predicted molar refractivity (Wildman–Crippen MR) is 98.2 cm³/mol. The molecule has 1 aliphatic rings. The fourth-order valence-electron chi connectivity index (χ4n) is 3.34. The average Bonchev–Trinajstić information content (AvgIpc) is 3.02. The molecule has 1 N–H and O–H groups in total. The third-order valence-corrected chi connectivity index (χ3v) is 6.61. The lowest BCUT2D eigenvalue weighted by atomic mass is 10.2. The molecule has 0 aliphatic carbocycles. The van der Waals surface area contributed by atoms with Crippen molar-refractivity contribution in [3.63, 3.8) is 0 Å². The number of imidazole rings is 1. The van der Waals surface area contributed by atoms with Crippen molar-refractivity contribution in [3.8, 4) is 0 Å². The van der Waals surface area contributed by atoms with E-state index in [-0.39, 0.29) is 25.5 Å². The van der Waals surface area contributed by atoms with E-state index < -0.39 is 26.7 Å². The molecule has 1 amide bonds. The lowest BCUT2D eigenvalue weighted by Gasteiger charge is -2.27. The van der Waals surface area contributed by atoms with Gasteiger partial charge in [-0.2, -0.15) is 17.5 Å². The van der Waals surface area contributed by atoms with Crippen LogP contribution >= 0.6 is 0 Å². The number of carbonyl (C=O) groups is 1. The Labute approximate surface area is 166 Å². The molecule has 11 heteroatoms. The number of aromatic nitrogens is 2. The Balaban J connectivity index is 1.91. The number of alkyl halides is 3. The van der Waals surface area contributed by atoms with Crippen LogP contribution in [0.4, 0.5) is 13.2 Å². The van der Waals surface area contributed by atoms with Crippen LogP contribution in [0.3, 0.4) is 0 Å². The highest BCUT2D eigenvalue weighted by Crippen LogP contribution is 2.32. The van der Waals surface area contributed by atoms with E-state index in [2.05, 4.69) is 10.3 Å². The summed E-state index contributed by atoms with van der Waals surface area (Å²) < 4.78 is 67.9. The first kappa shape index (κ1) is 21.3. The zero-order chi connectivity index (χ0) is 21.4. The number of hydrogen-bond donors (Lipinski definition) is 1. The van der Waals surface area contributed by atoms with Gasteiger partial charge >= 0.3 is 6.18 Å². The van der Waals surface area contributed by atoms with Crippen molar-refractivity contribution in [2.24, 2.45) is 0 Å². The summed E-state index contributed by atoms with van der Waals surface area (Å²) >= 11 is 0. The molecule has 0 saturated heterocycles. The van der Waals surface area contributed by atoms with Crippen LogP contribution in [-0.4, -0.2) is 34.7 Å². The van der Waals surface area contributed by atoms with Crippen LogP contribution in [0.1, 0.15) is 36.6 Å². The van der Waals surface area contributed by atoms with E-state index in [9.17, 15) is 26.4 Å². The molecule has 0 fully saturated rings. The van der Waals surface area contributed by atoms with Crippen molar-refractivity contribution in [2.45, 2.75) is 51.0 Å². The fraction of sp³-hybridized carbons (Fsp3) is 0.444. The third kappa shape index (κ3) is 4.30. The van der Waals surface area contributed by atoms with E-state index in [0.717, 1.165) is 17.8 Å². The molecular weight excluding hydrogens is 409 g/mol. The Hall–Kier alpha value is -2.40. The second-order valence-electron chi connectivity index (χ2n) is 6.69. The monoisotopic (exact) mass is 430 g/mol. The second kappa shape index (κ2) is 7.79. The first-order chi connectivity index (χ1) is 13.5. The van der Waals surface area contributed by atoms with Crippen LogP contribution < -0.4 is 5.32 Å². The summed E-state index contributed by atoms with van der Waals surface area (Å²) in [5, 5.41) is 2.67. The van der Waals surface area contributed by atoms with Crippen molar-refractivity contribution in [3.05, 3.63) is 47.0 Å². The number of fused-ring (bicyclic) bond motifs is 1. The Kier molecular flexibility index (Phi) is 5.72. The summed E-state index contributed by atoms with van der Waals surface area (Å²) in [6.45, 7) is 4.13. The molecule has 7 nitrogen and oxygen atoms in total. The van der Waals surface area contributed by atoms with Crippen LogP contribution in [0.2, 0.25) is 0 Å². The lowest BCUT2D eigenvalue weighted by molar-refractivity contribution is -0.137. The van der Waals surface area contributed by atoms with Gasteiger partial charge in [-0.3, -0.25) is 4.79 Å². The lowest BCUT2D eigenvalue weighted by Crippen LogP contribution is -2.37. The molecule has 0 bridgehead atoms. The molecule has 1 aromatic carbocycles. The molecule has 1 aromatic heterocycles. The second-order valence-corrected chi connectivity index (χ2v) is 8.63. The SMILES string of the molecule is CCn1c(CNC(C)=O)nc2c1CN(S(=O)(=O)c1cccc(C(F)(F)F)c1)CC2. The van der Waals surface area contributed by atoms with Gasteiger partial charge in [-0.1, -0.05) is 6.07 Å². The molecule has 1 aliphatic heterocycles.